The van der Waals surface area contributed by atoms with Crippen LogP contribution in [0, 0.1) is 6.92 Å². The molecule has 2 rings (SSSR count). The second-order valence-corrected chi connectivity index (χ2v) is 5.21. The van der Waals surface area contributed by atoms with Crippen LogP contribution in [0.1, 0.15) is 11.1 Å². The summed E-state index contributed by atoms with van der Waals surface area (Å²) in [6, 6.07) is 2.54. The summed E-state index contributed by atoms with van der Waals surface area (Å²) in [7, 11) is 0. The first kappa shape index (κ1) is 20.0. The number of rotatable bonds is 4. The van der Waals surface area contributed by atoms with Crippen LogP contribution in [0.5, 0.6) is 0 Å². The van der Waals surface area contributed by atoms with Gasteiger partial charge in [0.15, 0.2) is 0 Å². The molecule has 0 unspecified atom stereocenters. The summed E-state index contributed by atoms with van der Waals surface area (Å²) in [6.07, 6.45) is -0.404. The van der Waals surface area contributed by atoms with Gasteiger partial charge in [-0.1, -0.05) is 11.6 Å². The topological polar surface area (TPSA) is 52.6 Å². The number of carbonyl (C=O) groups is 1. The van der Waals surface area contributed by atoms with Gasteiger partial charge in [0.1, 0.15) is 0 Å². The molecule has 1 saturated heterocycles. The van der Waals surface area contributed by atoms with Gasteiger partial charge in [0.2, 0.25) is 0 Å². The summed E-state index contributed by atoms with van der Waals surface area (Å²) in [6.45, 7) is -1.08. The van der Waals surface area contributed by atoms with Gasteiger partial charge < -0.3 is 28.3 Å². The Hall–Kier alpha value is -0.0587. The average molecular weight is 340 g/mol. The van der Waals surface area contributed by atoms with Crippen LogP contribution in [0.3, 0.4) is 0 Å². The second kappa shape index (κ2) is 8.16. The van der Waals surface area contributed by atoms with E-state index >= 15 is 0 Å². The van der Waals surface area contributed by atoms with Crippen molar-refractivity contribution in [1.82, 2.24) is 5.32 Å². The fraction of sp³-hybridized carbons (Fsp3) is 0.462. The third-order valence-corrected chi connectivity index (χ3v) is 3.65. The van der Waals surface area contributed by atoms with Crippen LogP contribution in [-0.4, -0.2) is 44.2 Å². The number of piperazine rings is 1. The maximum absolute atomic E-state index is 13.2. The van der Waals surface area contributed by atoms with Gasteiger partial charge in [0, 0.05) is 31.9 Å². The smallest absolute Gasteiger partial charge is 0.481 e. The van der Waals surface area contributed by atoms with Crippen molar-refractivity contribution >= 4 is 24.1 Å². The van der Waals surface area contributed by atoms with Gasteiger partial charge in [0.05, 0.1) is 6.42 Å². The van der Waals surface area contributed by atoms with Gasteiger partial charge in [-0.15, -0.1) is 5.46 Å². The molecule has 0 atom stereocenters. The Labute approximate surface area is 169 Å². The Morgan fingerprint density at radius 3 is 2.41 bits per heavy atom. The van der Waals surface area contributed by atoms with Crippen molar-refractivity contribution < 1.29 is 74.2 Å². The minimum absolute atomic E-state index is 0. The molecule has 0 aliphatic carbocycles. The van der Waals surface area contributed by atoms with Crippen molar-refractivity contribution in [3.8, 4) is 0 Å². The molecule has 116 valence electrons. The fourth-order valence-corrected chi connectivity index (χ4v) is 2.63. The van der Waals surface area contributed by atoms with Crippen LogP contribution in [0.25, 0.3) is 0 Å². The molecule has 0 radical (unpaired) electrons. The Morgan fingerprint density at radius 1 is 1.32 bits per heavy atom. The summed E-state index contributed by atoms with van der Waals surface area (Å²) >= 11 is 0. The normalized spacial score (nSPS) is 15.4. The number of hydrogen-bond donors (Lipinski definition) is 2. The SMILES string of the molecule is Cc1c(N2CCNCC2)cc(CC(=O)O)cc1[B-](F)(F)F.[K+]. The van der Waals surface area contributed by atoms with Gasteiger partial charge in [-0.3, -0.25) is 4.79 Å². The number of carboxylic acid groups (broad SMARTS) is 1. The minimum Gasteiger partial charge on any atom is -0.481 e. The van der Waals surface area contributed by atoms with E-state index < -0.39 is 24.8 Å². The number of benzene rings is 1. The Kier molecular flexibility index (Phi) is 7.42. The zero-order valence-electron chi connectivity index (χ0n) is 12.7. The molecular weight excluding hydrogens is 323 g/mol. The van der Waals surface area contributed by atoms with E-state index in [-0.39, 0.29) is 62.5 Å². The molecule has 0 bridgehead atoms. The molecule has 1 heterocycles. The van der Waals surface area contributed by atoms with E-state index in [0.717, 1.165) is 6.07 Å². The molecule has 1 aromatic carbocycles. The zero-order chi connectivity index (χ0) is 15.6. The summed E-state index contributed by atoms with van der Waals surface area (Å²) in [5.74, 6) is -1.13. The third kappa shape index (κ3) is 4.97. The number of anilines is 1. The molecule has 1 aromatic rings. The van der Waals surface area contributed by atoms with Gasteiger partial charge in [0.25, 0.3) is 0 Å². The fourth-order valence-electron chi connectivity index (χ4n) is 2.63. The molecule has 0 amide bonds. The molecule has 4 nitrogen and oxygen atoms in total. The zero-order valence-corrected chi connectivity index (χ0v) is 15.8. The number of carboxylic acids is 1. The number of hydrogen-bond acceptors (Lipinski definition) is 3. The first-order valence-electron chi connectivity index (χ1n) is 6.80. The standard InChI is InChI=1S/C13H17BF3N2O2.K/c1-9-11(14(15,16)17)6-10(8-13(20)21)7-12(9)19-4-2-18-3-5-19;/h6-7,18H,2-5,8H2,1H3,(H,20,21);/q-1;+1. The Morgan fingerprint density at radius 2 is 1.91 bits per heavy atom. The molecule has 1 fully saturated rings. The number of aliphatic carboxylic acids is 1. The first-order chi connectivity index (χ1) is 9.79. The van der Waals surface area contributed by atoms with E-state index in [1.165, 1.54) is 6.92 Å². The molecule has 9 heteroatoms. The van der Waals surface area contributed by atoms with Crippen LogP contribution >= 0.6 is 0 Å². The monoisotopic (exact) mass is 340 g/mol. The van der Waals surface area contributed by atoms with Crippen molar-refractivity contribution in [1.29, 1.82) is 0 Å². The average Bonchev–Trinajstić information content (AvgIpc) is 2.39. The summed E-state index contributed by atoms with van der Waals surface area (Å²) in [5.41, 5.74) is 0.168. The predicted molar refractivity (Wildman–Crippen MR) is 76.3 cm³/mol. The van der Waals surface area contributed by atoms with E-state index in [4.69, 9.17) is 5.11 Å². The van der Waals surface area contributed by atoms with Gasteiger partial charge in [-0.05, 0) is 18.6 Å². The predicted octanol–water partition coefficient (Wildman–Crippen LogP) is -1.91. The van der Waals surface area contributed by atoms with Gasteiger partial charge >= 0.3 is 64.3 Å². The number of nitrogens with zero attached hydrogens (tertiary/aromatic N) is 1. The van der Waals surface area contributed by atoms with Crippen LogP contribution < -0.4 is 67.1 Å². The molecule has 1 aliphatic rings. The first-order valence-corrected chi connectivity index (χ1v) is 6.80. The number of halogens is 3. The maximum atomic E-state index is 13.2. The molecule has 0 spiro atoms. The number of nitrogens with one attached hydrogen (secondary N) is 1. The maximum Gasteiger partial charge on any atom is 1.00 e. The summed E-state index contributed by atoms with van der Waals surface area (Å²) in [4.78, 5) is 12.7. The summed E-state index contributed by atoms with van der Waals surface area (Å²) < 4.78 is 39.6. The molecule has 22 heavy (non-hydrogen) atoms. The largest absolute Gasteiger partial charge is 1.00 e. The molecule has 2 N–H and O–H groups in total. The Balaban J connectivity index is 0.00000242. The Bertz CT molecular complexity index is 549. The van der Waals surface area contributed by atoms with E-state index in [2.05, 4.69) is 5.32 Å². The van der Waals surface area contributed by atoms with E-state index in [0.29, 0.717) is 31.9 Å². The second-order valence-electron chi connectivity index (χ2n) is 5.21. The molecule has 0 saturated carbocycles. The third-order valence-electron chi connectivity index (χ3n) is 3.65. The van der Waals surface area contributed by atoms with Crippen molar-refractivity contribution in [3.63, 3.8) is 0 Å². The molecular formula is C13H17BF3KN2O2. The van der Waals surface area contributed by atoms with Gasteiger partial charge in [-0.2, -0.15) is 0 Å². The van der Waals surface area contributed by atoms with Crippen molar-refractivity contribution in [2.45, 2.75) is 13.3 Å². The van der Waals surface area contributed by atoms with Crippen molar-refractivity contribution in [2.24, 2.45) is 0 Å². The minimum atomic E-state index is -5.16. The van der Waals surface area contributed by atoms with Gasteiger partial charge in [-0.25, -0.2) is 0 Å². The van der Waals surface area contributed by atoms with E-state index in [9.17, 15) is 17.7 Å². The van der Waals surface area contributed by atoms with Crippen molar-refractivity contribution in [3.05, 3.63) is 23.3 Å². The molecule has 1 aliphatic heterocycles. The molecule has 0 aromatic heterocycles. The van der Waals surface area contributed by atoms with Crippen molar-refractivity contribution in [2.75, 3.05) is 31.1 Å². The van der Waals surface area contributed by atoms with Crippen LogP contribution in [0.2, 0.25) is 0 Å². The van der Waals surface area contributed by atoms with E-state index in [1.807, 2.05) is 4.90 Å². The van der Waals surface area contributed by atoms with E-state index in [1.54, 1.807) is 6.07 Å². The van der Waals surface area contributed by atoms with Crippen LogP contribution in [-0.2, 0) is 11.2 Å². The van der Waals surface area contributed by atoms with Crippen LogP contribution in [0.15, 0.2) is 12.1 Å². The van der Waals surface area contributed by atoms with Crippen LogP contribution in [0.4, 0.5) is 18.6 Å². The summed E-state index contributed by atoms with van der Waals surface area (Å²) in [5, 5.41) is 12.0. The quantitative estimate of drug-likeness (QED) is 0.629.